The molecule has 1 fully saturated rings. The lowest BCUT2D eigenvalue weighted by molar-refractivity contribution is 0.407. The molecule has 0 saturated heterocycles. The molecule has 0 nitrogen and oxygen atoms in total. The average molecular weight is 282 g/mol. The van der Waals surface area contributed by atoms with E-state index in [-0.39, 0.29) is 4.75 Å². The van der Waals surface area contributed by atoms with Crippen LogP contribution in [0.25, 0.3) is 0 Å². The molecule has 0 radical (unpaired) electrons. The van der Waals surface area contributed by atoms with E-state index in [0.29, 0.717) is 0 Å². The van der Waals surface area contributed by atoms with E-state index in [4.69, 9.17) is 0 Å². The molecule has 104 valence electrons. The van der Waals surface area contributed by atoms with Crippen molar-refractivity contribution in [3.8, 4) is 0 Å². The first kappa shape index (κ1) is 13.8. The highest BCUT2D eigenvalue weighted by Gasteiger charge is 2.34. The molecular formula is C19H22S. The van der Waals surface area contributed by atoms with E-state index in [2.05, 4.69) is 73.3 Å². The topological polar surface area (TPSA) is 0 Å². The molecule has 1 saturated carbocycles. The predicted molar refractivity (Wildman–Crippen MR) is 88.2 cm³/mol. The third-order valence-electron chi connectivity index (χ3n) is 4.30. The Morgan fingerprint density at radius 1 is 0.800 bits per heavy atom. The summed E-state index contributed by atoms with van der Waals surface area (Å²) in [7, 11) is 0. The third kappa shape index (κ3) is 2.93. The fourth-order valence-electron chi connectivity index (χ4n) is 3.15. The van der Waals surface area contributed by atoms with Gasteiger partial charge < -0.3 is 0 Å². The Kier molecular flexibility index (Phi) is 4.16. The molecule has 0 unspecified atom stereocenters. The summed E-state index contributed by atoms with van der Waals surface area (Å²) in [5.41, 5.74) is 2.84. The second-order valence-corrected chi connectivity index (χ2v) is 7.29. The molecule has 0 atom stereocenters. The number of aryl methyl sites for hydroxylation is 1. The summed E-state index contributed by atoms with van der Waals surface area (Å²) in [4.78, 5) is 1.40. The summed E-state index contributed by atoms with van der Waals surface area (Å²) in [6.07, 6.45) is 6.70. The van der Waals surface area contributed by atoms with Crippen molar-refractivity contribution in [3.63, 3.8) is 0 Å². The smallest absolute Gasteiger partial charge is 0.0455 e. The minimum absolute atomic E-state index is 0.286. The molecule has 2 aromatic rings. The van der Waals surface area contributed by atoms with Crippen molar-refractivity contribution >= 4 is 11.8 Å². The van der Waals surface area contributed by atoms with Gasteiger partial charge in [0.15, 0.2) is 0 Å². The maximum Gasteiger partial charge on any atom is 0.0455 e. The van der Waals surface area contributed by atoms with Gasteiger partial charge in [-0.3, -0.25) is 0 Å². The van der Waals surface area contributed by atoms with Crippen LogP contribution >= 0.6 is 11.8 Å². The maximum atomic E-state index is 2.31. The second kappa shape index (κ2) is 6.05. The van der Waals surface area contributed by atoms with Crippen molar-refractivity contribution in [2.75, 3.05) is 0 Å². The van der Waals surface area contributed by atoms with Crippen molar-refractivity contribution in [1.82, 2.24) is 0 Å². The van der Waals surface area contributed by atoms with E-state index in [1.54, 1.807) is 0 Å². The number of benzene rings is 2. The predicted octanol–water partition coefficient (Wildman–Crippen LogP) is 5.95. The van der Waals surface area contributed by atoms with Crippen LogP contribution in [0.4, 0.5) is 0 Å². The second-order valence-electron chi connectivity index (χ2n) is 5.84. The zero-order valence-electron chi connectivity index (χ0n) is 12.1. The largest absolute Gasteiger partial charge is 0.115 e. The Bertz CT molecular complexity index is 536. The van der Waals surface area contributed by atoms with Crippen LogP contribution in [0.15, 0.2) is 59.5 Å². The van der Waals surface area contributed by atoms with Gasteiger partial charge in [0.05, 0.1) is 0 Å². The van der Waals surface area contributed by atoms with E-state index in [0.717, 1.165) is 0 Å². The summed E-state index contributed by atoms with van der Waals surface area (Å²) in [5.74, 6) is 0. The van der Waals surface area contributed by atoms with Gasteiger partial charge in [-0.1, -0.05) is 67.3 Å². The number of hydrogen-bond acceptors (Lipinski definition) is 1. The standard InChI is InChI=1S/C19H22S/c1-16-10-12-18(13-11-16)20-19(14-6-3-7-15-19)17-8-4-2-5-9-17/h2,4-5,8-13H,3,6-7,14-15H2,1H3. The van der Waals surface area contributed by atoms with Crippen LogP contribution in [-0.4, -0.2) is 0 Å². The zero-order chi connectivity index (χ0) is 13.8. The summed E-state index contributed by atoms with van der Waals surface area (Å²) in [6, 6.07) is 20.1. The molecule has 2 aromatic carbocycles. The van der Waals surface area contributed by atoms with Gasteiger partial charge in [0.2, 0.25) is 0 Å². The van der Waals surface area contributed by atoms with Crippen LogP contribution in [0.3, 0.4) is 0 Å². The van der Waals surface area contributed by atoms with Crippen LogP contribution in [0, 0.1) is 6.92 Å². The van der Waals surface area contributed by atoms with Crippen molar-refractivity contribution in [1.29, 1.82) is 0 Å². The highest BCUT2D eigenvalue weighted by atomic mass is 32.2. The molecule has 0 amide bonds. The highest BCUT2D eigenvalue weighted by molar-refractivity contribution is 8.00. The minimum Gasteiger partial charge on any atom is -0.115 e. The Labute approximate surface area is 126 Å². The maximum absolute atomic E-state index is 2.31. The molecule has 1 heteroatoms. The lowest BCUT2D eigenvalue weighted by Gasteiger charge is -2.37. The van der Waals surface area contributed by atoms with Gasteiger partial charge in [-0.15, -0.1) is 11.8 Å². The van der Waals surface area contributed by atoms with Gasteiger partial charge in [-0.05, 0) is 37.5 Å². The summed E-state index contributed by atoms with van der Waals surface area (Å²) in [6.45, 7) is 2.15. The van der Waals surface area contributed by atoms with Gasteiger partial charge in [-0.2, -0.15) is 0 Å². The van der Waals surface area contributed by atoms with E-state index >= 15 is 0 Å². The molecule has 0 aliphatic heterocycles. The van der Waals surface area contributed by atoms with Crippen molar-refractivity contribution < 1.29 is 0 Å². The normalized spacial score (nSPS) is 17.9. The third-order valence-corrected chi connectivity index (χ3v) is 5.84. The fourth-order valence-corrected chi connectivity index (χ4v) is 4.62. The summed E-state index contributed by atoms with van der Waals surface area (Å²) >= 11 is 2.07. The lowest BCUT2D eigenvalue weighted by Crippen LogP contribution is -2.25. The fraction of sp³-hybridized carbons (Fsp3) is 0.368. The molecule has 1 aliphatic rings. The van der Waals surface area contributed by atoms with Gasteiger partial charge in [-0.25, -0.2) is 0 Å². The summed E-state index contributed by atoms with van der Waals surface area (Å²) in [5, 5.41) is 0. The monoisotopic (exact) mass is 282 g/mol. The number of thioether (sulfide) groups is 1. The van der Waals surface area contributed by atoms with Crippen LogP contribution in [0.2, 0.25) is 0 Å². The molecule has 0 aromatic heterocycles. The number of rotatable bonds is 3. The van der Waals surface area contributed by atoms with Crippen molar-refractivity contribution in [2.24, 2.45) is 0 Å². The molecule has 1 aliphatic carbocycles. The van der Waals surface area contributed by atoms with Gasteiger partial charge >= 0.3 is 0 Å². The van der Waals surface area contributed by atoms with E-state index < -0.39 is 0 Å². The average Bonchev–Trinajstić information content (AvgIpc) is 2.52. The molecule has 3 rings (SSSR count). The molecular weight excluding hydrogens is 260 g/mol. The van der Waals surface area contributed by atoms with Crippen LogP contribution in [-0.2, 0) is 4.75 Å². The Balaban J connectivity index is 1.92. The molecule has 0 spiro atoms. The first-order chi connectivity index (χ1) is 9.78. The van der Waals surface area contributed by atoms with Gasteiger partial charge in [0.1, 0.15) is 0 Å². The molecule has 0 heterocycles. The van der Waals surface area contributed by atoms with Crippen LogP contribution in [0.1, 0.15) is 43.2 Å². The minimum atomic E-state index is 0.286. The molecule has 20 heavy (non-hydrogen) atoms. The lowest BCUT2D eigenvalue weighted by atomic mass is 9.83. The van der Waals surface area contributed by atoms with Crippen molar-refractivity contribution in [2.45, 2.75) is 48.7 Å². The van der Waals surface area contributed by atoms with E-state index in [1.807, 2.05) is 0 Å². The van der Waals surface area contributed by atoms with E-state index in [9.17, 15) is 0 Å². The molecule has 0 N–H and O–H groups in total. The van der Waals surface area contributed by atoms with Crippen molar-refractivity contribution in [3.05, 3.63) is 65.7 Å². The van der Waals surface area contributed by atoms with Crippen LogP contribution in [0.5, 0.6) is 0 Å². The Morgan fingerprint density at radius 3 is 2.10 bits per heavy atom. The van der Waals surface area contributed by atoms with Crippen LogP contribution < -0.4 is 0 Å². The SMILES string of the molecule is Cc1ccc(SC2(c3ccccc3)CCCCC2)cc1. The first-order valence-electron chi connectivity index (χ1n) is 7.60. The first-order valence-corrected chi connectivity index (χ1v) is 8.41. The Morgan fingerprint density at radius 2 is 1.45 bits per heavy atom. The molecule has 0 bridgehead atoms. The number of hydrogen-bond donors (Lipinski definition) is 0. The summed E-state index contributed by atoms with van der Waals surface area (Å²) < 4.78 is 0.286. The quantitative estimate of drug-likeness (QED) is 0.670. The zero-order valence-corrected chi connectivity index (χ0v) is 13.0. The van der Waals surface area contributed by atoms with Gasteiger partial charge in [0.25, 0.3) is 0 Å². The van der Waals surface area contributed by atoms with Gasteiger partial charge in [0, 0.05) is 9.64 Å². The van der Waals surface area contributed by atoms with E-state index in [1.165, 1.54) is 48.1 Å². The highest BCUT2D eigenvalue weighted by Crippen LogP contribution is 2.51. The Hall–Kier alpha value is -1.21.